The summed E-state index contributed by atoms with van der Waals surface area (Å²) >= 11 is 0. The van der Waals surface area contributed by atoms with Crippen molar-refractivity contribution in [1.29, 1.82) is 0 Å². The number of benzene rings is 2. The Labute approximate surface area is 121 Å². The highest BCUT2D eigenvalue weighted by molar-refractivity contribution is 6.06. The quantitative estimate of drug-likeness (QED) is 0.810. The van der Waals surface area contributed by atoms with E-state index in [2.05, 4.69) is 0 Å². The van der Waals surface area contributed by atoms with Crippen molar-refractivity contribution in [3.05, 3.63) is 42.0 Å². The predicted octanol–water partition coefficient (Wildman–Crippen LogP) is 2.32. The molecule has 3 rings (SSSR count). The maximum Gasteiger partial charge on any atom is 0.347 e. The van der Waals surface area contributed by atoms with Crippen LogP contribution in [0.4, 0.5) is 0 Å². The first-order valence-electron chi connectivity index (χ1n) is 6.64. The maximum atomic E-state index is 12.3. The van der Waals surface area contributed by atoms with Gasteiger partial charge in [-0.25, -0.2) is 9.59 Å². The van der Waals surface area contributed by atoms with Gasteiger partial charge in [0.1, 0.15) is 5.75 Å². The minimum absolute atomic E-state index is 0.292. The Bertz CT molecular complexity index is 707. The number of hydrogen-bond acceptors (Lipinski definition) is 5. The van der Waals surface area contributed by atoms with Gasteiger partial charge in [-0.1, -0.05) is 24.3 Å². The molecular weight excluding hydrogens is 272 g/mol. The van der Waals surface area contributed by atoms with Crippen LogP contribution in [0.3, 0.4) is 0 Å². The van der Waals surface area contributed by atoms with E-state index >= 15 is 0 Å². The Morgan fingerprint density at radius 2 is 1.95 bits per heavy atom. The molecule has 0 unspecified atom stereocenters. The Kier molecular flexibility index (Phi) is 3.48. The second kappa shape index (κ2) is 5.44. The van der Waals surface area contributed by atoms with Crippen molar-refractivity contribution in [3.8, 4) is 5.75 Å². The van der Waals surface area contributed by atoms with Crippen LogP contribution in [-0.2, 0) is 14.3 Å². The summed E-state index contributed by atoms with van der Waals surface area (Å²) in [6.45, 7) is 0.292. The van der Waals surface area contributed by atoms with Gasteiger partial charge in [-0.2, -0.15) is 0 Å². The fourth-order valence-corrected chi connectivity index (χ4v) is 2.40. The third-order valence-corrected chi connectivity index (χ3v) is 3.46. The first-order valence-corrected chi connectivity index (χ1v) is 6.64. The minimum atomic E-state index is -0.807. The summed E-state index contributed by atoms with van der Waals surface area (Å²) in [5.41, 5.74) is 0.408. The lowest BCUT2D eigenvalue weighted by molar-refractivity contribution is -0.145. The fraction of sp³-hybridized carbons (Fsp3) is 0.250. The number of carbonyl (C=O) groups is 2. The van der Waals surface area contributed by atoms with Crippen LogP contribution in [0.2, 0.25) is 0 Å². The molecule has 0 saturated carbocycles. The number of carbonyl (C=O) groups excluding carboxylic acids is 2. The van der Waals surface area contributed by atoms with Crippen molar-refractivity contribution in [2.45, 2.75) is 12.5 Å². The largest absolute Gasteiger partial charge is 0.496 e. The highest BCUT2D eigenvalue weighted by atomic mass is 16.6. The average Bonchev–Trinajstić information content (AvgIpc) is 2.91. The van der Waals surface area contributed by atoms with E-state index < -0.39 is 18.0 Å². The van der Waals surface area contributed by atoms with Crippen LogP contribution in [0.25, 0.3) is 10.8 Å². The number of esters is 2. The van der Waals surface area contributed by atoms with Crippen LogP contribution >= 0.6 is 0 Å². The number of cyclic esters (lactones) is 1. The van der Waals surface area contributed by atoms with Crippen molar-refractivity contribution in [2.75, 3.05) is 13.7 Å². The van der Waals surface area contributed by atoms with Crippen LogP contribution in [0.15, 0.2) is 36.4 Å². The van der Waals surface area contributed by atoms with E-state index in [0.29, 0.717) is 24.3 Å². The molecule has 1 aliphatic rings. The second-order valence-corrected chi connectivity index (χ2v) is 4.71. The van der Waals surface area contributed by atoms with E-state index in [1.54, 1.807) is 19.2 Å². The third-order valence-electron chi connectivity index (χ3n) is 3.46. The number of hydrogen-bond donors (Lipinski definition) is 0. The summed E-state index contributed by atoms with van der Waals surface area (Å²) in [5, 5.41) is 1.55. The molecule has 0 aliphatic carbocycles. The molecule has 1 saturated heterocycles. The van der Waals surface area contributed by atoms with Gasteiger partial charge in [-0.15, -0.1) is 0 Å². The molecule has 0 spiro atoms. The standard InChI is InChI=1S/C16H14O5/c1-19-13-7-6-12(10-4-2-3-5-11(10)13)15(17)21-14-8-9-20-16(14)18/h2-7,14H,8-9H2,1H3/t14-/m1/s1. The summed E-state index contributed by atoms with van der Waals surface area (Å²) in [7, 11) is 1.58. The third kappa shape index (κ3) is 2.42. The van der Waals surface area contributed by atoms with Crippen LogP contribution < -0.4 is 4.74 Å². The lowest BCUT2D eigenvalue weighted by Crippen LogP contribution is -2.22. The van der Waals surface area contributed by atoms with E-state index in [0.717, 1.165) is 10.8 Å². The van der Waals surface area contributed by atoms with Gasteiger partial charge in [-0.05, 0) is 17.5 Å². The smallest absolute Gasteiger partial charge is 0.347 e. The number of methoxy groups -OCH3 is 1. The molecule has 108 valence electrons. The van der Waals surface area contributed by atoms with Gasteiger partial charge in [0.25, 0.3) is 0 Å². The van der Waals surface area contributed by atoms with Gasteiger partial charge in [0.05, 0.1) is 19.3 Å². The van der Waals surface area contributed by atoms with E-state index in [1.807, 2.05) is 24.3 Å². The molecule has 0 amide bonds. The molecule has 0 N–H and O–H groups in total. The van der Waals surface area contributed by atoms with Crippen molar-refractivity contribution >= 4 is 22.7 Å². The molecule has 2 aromatic carbocycles. The Morgan fingerprint density at radius 3 is 2.62 bits per heavy atom. The predicted molar refractivity (Wildman–Crippen MR) is 75.3 cm³/mol. The van der Waals surface area contributed by atoms with Crippen molar-refractivity contribution in [2.24, 2.45) is 0 Å². The number of rotatable bonds is 3. The molecule has 1 atom stereocenters. The maximum absolute atomic E-state index is 12.3. The van der Waals surface area contributed by atoms with Crippen molar-refractivity contribution < 1.29 is 23.8 Å². The van der Waals surface area contributed by atoms with E-state index in [4.69, 9.17) is 14.2 Å². The lowest BCUT2D eigenvalue weighted by Gasteiger charge is -2.12. The van der Waals surface area contributed by atoms with E-state index in [-0.39, 0.29) is 0 Å². The second-order valence-electron chi connectivity index (χ2n) is 4.71. The van der Waals surface area contributed by atoms with Crippen LogP contribution in [0.5, 0.6) is 5.75 Å². The lowest BCUT2D eigenvalue weighted by atomic mass is 10.0. The van der Waals surface area contributed by atoms with Gasteiger partial charge in [0, 0.05) is 11.8 Å². The molecule has 0 aromatic heterocycles. The van der Waals surface area contributed by atoms with Gasteiger partial charge >= 0.3 is 11.9 Å². The van der Waals surface area contributed by atoms with Gasteiger partial charge in [0.2, 0.25) is 6.10 Å². The topological polar surface area (TPSA) is 61.8 Å². The summed E-state index contributed by atoms with van der Waals surface area (Å²) in [6.07, 6.45) is -0.406. The average molecular weight is 286 g/mol. The molecule has 2 aromatic rings. The Morgan fingerprint density at radius 1 is 1.19 bits per heavy atom. The zero-order valence-electron chi connectivity index (χ0n) is 11.5. The van der Waals surface area contributed by atoms with Gasteiger partial charge in [0.15, 0.2) is 0 Å². The number of ether oxygens (including phenoxy) is 3. The van der Waals surface area contributed by atoms with Gasteiger partial charge in [-0.3, -0.25) is 0 Å². The fourth-order valence-electron chi connectivity index (χ4n) is 2.40. The summed E-state index contributed by atoms with van der Waals surface area (Å²) < 4.78 is 15.3. The zero-order valence-corrected chi connectivity index (χ0v) is 11.5. The Hall–Kier alpha value is -2.56. The van der Waals surface area contributed by atoms with Crippen molar-refractivity contribution in [1.82, 2.24) is 0 Å². The van der Waals surface area contributed by atoms with E-state index in [1.165, 1.54) is 0 Å². The summed E-state index contributed by atoms with van der Waals surface area (Å²) in [4.78, 5) is 23.7. The molecule has 1 heterocycles. The Balaban J connectivity index is 1.96. The molecule has 5 heteroatoms. The van der Waals surface area contributed by atoms with Crippen LogP contribution in [0.1, 0.15) is 16.8 Å². The summed E-state index contributed by atoms with van der Waals surface area (Å²) in [6, 6.07) is 10.8. The molecule has 0 radical (unpaired) electrons. The SMILES string of the molecule is COc1ccc(C(=O)O[C@@H]2CCOC2=O)c2ccccc12. The summed E-state index contributed by atoms with van der Waals surface area (Å²) in [5.74, 6) is -0.332. The van der Waals surface area contributed by atoms with E-state index in [9.17, 15) is 9.59 Å². The first kappa shape index (κ1) is 13.4. The molecule has 1 aliphatic heterocycles. The molecule has 21 heavy (non-hydrogen) atoms. The van der Waals surface area contributed by atoms with Crippen LogP contribution in [-0.4, -0.2) is 31.8 Å². The molecular formula is C16H14O5. The van der Waals surface area contributed by atoms with Crippen LogP contribution in [0, 0.1) is 0 Å². The minimum Gasteiger partial charge on any atom is -0.496 e. The number of fused-ring (bicyclic) bond motifs is 1. The monoisotopic (exact) mass is 286 g/mol. The molecule has 1 fully saturated rings. The first-order chi connectivity index (χ1) is 10.2. The zero-order chi connectivity index (χ0) is 14.8. The highest BCUT2D eigenvalue weighted by Crippen LogP contribution is 2.29. The van der Waals surface area contributed by atoms with Crippen molar-refractivity contribution in [3.63, 3.8) is 0 Å². The molecule has 0 bridgehead atoms. The normalized spacial score (nSPS) is 17.6. The molecule has 5 nitrogen and oxygen atoms in total. The van der Waals surface area contributed by atoms with Gasteiger partial charge < -0.3 is 14.2 Å². The highest BCUT2D eigenvalue weighted by Gasteiger charge is 2.31.